The van der Waals surface area contributed by atoms with Gasteiger partial charge in [0.2, 0.25) is 11.5 Å². The summed E-state index contributed by atoms with van der Waals surface area (Å²) < 4.78 is 12.0. The number of aliphatic hydroxyl groups is 1. The molecular formula is C37H39BrN6O7S. The molecule has 1 aliphatic rings. The van der Waals surface area contributed by atoms with Gasteiger partial charge in [0.25, 0.3) is 0 Å². The summed E-state index contributed by atoms with van der Waals surface area (Å²) in [7, 11) is 1.56. The number of aromatic hydroxyl groups is 1. The number of nitrogens with zero attached hydrogens (tertiary/aromatic N) is 2. The molecule has 13 nitrogen and oxygen atoms in total. The van der Waals surface area contributed by atoms with Gasteiger partial charge in [-0.3, -0.25) is 14.9 Å². The number of piperidine rings is 1. The van der Waals surface area contributed by atoms with Gasteiger partial charge in [-0.15, -0.1) is 11.3 Å². The molecule has 15 heteroatoms. The molecule has 1 aliphatic heterocycles. The normalized spacial score (nSPS) is 14.2. The predicted molar refractivity (Wildman–Crippen MR) is 204 cm³/mol. The Kier molecular flexibility index (Phi) is 12.2. The number of carbonyl (C=O) groups is 2. The standard InChI is InChI=1S/C37H39BrN6O7S/c1-50-31-18-23(7-6-22(31)19-39-20-30(46)25-8-10-29(45)35-26(25)9-11-33(47)43-35)40-34(48)14-17-44-15-12-24(13-16-44)51-37(49)41-28-5-3-2-4-27(28)36-42-32(38)21-52-36/h2-11,18,21,24,30,39,45-46H,12-17,19-20H2,1H3,(H,40,48)(H,41,49)(H,43,47)/t30-/m0/s1. The van der Waals surface area contributed by atoms with Gasteiger partial charge in [-0.2, -0.15) is 0 Å². The Balaban J connectivity index is 0.922. The van der Waals surface area contributed by atoms with Gasteiger partial charge in [0.05, 0.1) is 24.4 Å². The first-order chi connectivity index (χ1) is 25.2. The SMILES string of the molecule is COc1cc(NC(=O)CCN2CCC(OC(=O)Nc3ccccc3-c3nc(Br)cs3)CC2)ccc1CNC[C@H](O)c1ccc(O)c2[nH]c(=O)ccc12. The predicted octanol–water partition coefficient (Wildman–Crippen LogP) is 5.99. The second-order valence-electron chi connectivity index (χ2n) is 12.3. The maximum atomic E-state index is 12.8. The number of amides is 2. The topological polar surface area (TPSA) is 178 Å². The van der Waals surface area contributed by atoms with Crippen LogP contribution in [0.4, 0.5) is 16.2 Å². The zero-order valence-electron chi connectivity index (χ0n) is 28.4. The van der Waals surface area contributed by atoms with E-state index in [2.05, 4.69) is 46.7 Å². The molecule has 52 heavy (non-hydrogen) atoms. The Morgan fingerprint density at radius 1 is 1.10 bits per heavy atom. The number of H-pyrrole nitrogens is 1. The van der Waals surface area contributed by atoms with Crippen molar-refractivity contribution in [2.45, 2.75) is 38.0 Å². The highest BCUT2D eigenvalue weighted by atomic mass is 79.9. The smallest absolute Gasteiger partial charge is 0.411 e. The number of methoxy groups -OCH3 is 1. The van der Waals surface area contributed by atoms with Crippen molar-refractivity contribution in [3.8, 4) is 22.1 Å². The van der Waals surface area contributed by atoms with Crippen LogP contribution >= 0.6 is 27.3 Å². The Labute approximate surface area is 312 Å². The number of thiazole rings is 1. The van der Waals surface area contributed by atoms with Gasteiger partial charge in [-0.1, -0.05) is 24.3 Å². The number of fused-ring (bicyclic) bond motifs is 1. The Morgan fingerprint density at radius 3 is 2.67 bits per heavy atom. The van der Waals surface area contributed by atoms with Crippen molar-refractivity contribution in [3.63, 3.8) is 0 Å². The molecule has 1 saturated heterocycles. The first kappa shape index (κ1) is 37.0. The van der Waals surface area contributed by atoms with Gasteiger partial charge in [0.1, 0.15) is 27.2 Å². The zero-order chi connectivity index (χ0) is 36.6. The molecule has 0 spiro atoms. The van der Waals surface area contributed by atoms with Crippen LogP contribution in [0.3, 0.4) is 0 Å². The van der Waals surface area contributed by atoms with Gasteiger partial charge in [0, 0.05) is 78.9 Å². The van der Waals surface area contributed by atoms with Crippen molar-refractivity contribution in [2.24, 2.45) is 0 Å². The van der Waals surface area contributed by atoms with Crippen LogP contribution in [0.2, 0.25) is 0 Å². The molecule has 272 valence electrons. The summed E-state index contributed by atoms with van der Waals surface area (Å²) in [4.78, 5) is 46.5. The largest absolute Gasteiger partial charge is 0.506 e. The fraction of sp³-hybridized carbons (Fsp3) is 0.297. The molecule has 0 bridgehead atoms. The number of hydrogen-bond acceptors (Lipinski definition) is 11. The van der Waals surface area contributed by atoms with Crippen LogP contribution in [-0.2, 0) is 16.1 Å². The third kappa shape index (κ3) is 9.35. The highest BCUT2D eigenvalue weighted by Crippen LogP contribution is 2.32. The minimum Gasteiger partial charge on any atom is -0.506 e. The number of aromatic nitrogens is 2. The van der Waals surface area contributed by atoms with E-state index in [1.54, 1.807) is 31.4 Å². The number of ether oxygens (including phenoxy) is 2. The number of aliphatic hydroxyl groups excluding tert-OH is 1. The van der Waals surface area contributed by atoms with E-state index >= 15 is 0 Å². The molecule has 6 rings (SSSR count). The summed E-state index contributed by atoms with van der Waals surface area (Å²) >= 11 is 4.86. The number of para-hydroxylation sites is 1. The maximum Gasteiger partial charge on any atom is 0.411 e. The summed E-state index contributed by atoms with van der Waals surface area (Å²) in [5.74, 6) is 0.391. The average molecular weight is 792 g/mol. The lowest BCUT2D eigenvalue weighted by molar-refractivity contribution is -0.116. The number of pyridine rings is 1. The number of likely N-dealkylation sites (tertiary alicyclic amines) is 1. The van der Waals surface area contributed by atoms with Crippen LogP contribution in [0, 0.1) is 0 Å². The number of anilines is 2. The summed E-state index contributed by atoms with van der Waals surface area (Å²) in [6.07, 6.45) is 0.0345. The van der Waals surface area contributed by atoms with Crippen molar-refractivity contribution in [1.82, 2.24) is 20.2 Å². The lowest BCUT2D eigenvalue weighted by Crippen LogP contribution is -2.39. The molecule has 0 unspecified atom stereocenters. The van der Waals surface area contributed by atoms with Crippen LogP contribution in [0.15, 0.2) is 81.5 Å². The number of hydrogen-bond donors (Lipinski definition) is 6. The first-order valence-corrected chi connectivity index (χ1v) is 18.4. The van der Waals surface area contributed by atoms with Gasteiger partial charge < -0.3 is 40.2 Å². The van der Waals surface area contributed by atoms with E-state index in [4.69, 9.17) is 9.47 Å². The molecule has 2 aromatic heterocycles. The Hall–Kier alpha value is -4.80. The monoisotopic (exact) mass is 790 g/mol. The summed E-state index contributed by atoms with van der Waals surface area (Å²) in [6, 6.07) is 18.9. The lowest BCUT2D eigenvalue weighted by atomic mass is 10.0. The maximum absolute atomic E-state index is 12.8. The number of halogens is 1. The van der Waals surface area contributed by atoms with Gasteiger partial charge in [-0.25, -0.2) is 9.78 Å². The van der Waals surface area contributed by atoms with E-state index in [1.165, 1.54) is 23.5 Å². The van der Waals surface area contributed by atoms with Crippen LogP contribution in [0.5, 0.6) is 11.5 Å². The quantitative estimate of drug-likeness (QED) is 0.0830. The van der Waals surface area contributed by atoms with E-state index in [-0.39, 0.29) is 35.4 Å². The molecule has 1 atom stereocenters. The Morgan fingerprint density at radius 2 is 1.90 bits per heavy atom. The summed E-state index contributed by atoms with van der Waals surface area (Å²) in [5.41, 5.74) is 3.41. The molecule has 3 aromatic carbocycles. The van der Waals surface area contributed by atoms with Gasteiger partial charge in [-0.05, 0) is 64.7 Å². The first-order valence-electron chi connectivity index (χ1n) is 16.8. The number of carbonyl (C=O) groups excluding carboxylic acids is 2. The fourth-order valence-electron chi connectivity index (χ4n) is 6.15. The molecule has 1 fully saturated rings. The lowest BCUT2D eigenvalue weighted by Gasteiger charge is -2.31. The summed E-state index contributed by atoms with van der Waals surface area (Å²) in [6.45, 7) is 2.59. The molecule has 3 heterocycles. The van der Waals surface area contributed by atoms with E-state index in [9.17, 15) is 24.6 Å². The van der Waals surface area contributed by atoms with Crippen molar-refractivity contribution in [3.05, 3.63) is 98.2 Å². The van der Waals surface area contributed by atoms with Crippen LogP contribution < -0.4 is 26.2 Å². The third-order valence-electron chi connectivity index (χ3n) is 8.82. The average Bonchev–Trinajstić information content (AvgIpc) is 3.58. The molecule has 0 saturated carbocycles. The number of aromatic amines is 1. The molecular weight excluding hydrogens is 752 g/mol. The molecule has 0 aliphatic carbocycles. The van der Waals surface area contributed by atoms with Crippen LogP contribution in [0.25, 0.3) is 21.5 Å². The van der Waals surface area contributed by atoms with E-state index in [0.29, 0.717) is 73.5 Å². The number of rotatable bonds is 13. The number of phenols is 1. The van der Waals surface area contributed by atoms with E-state index in [0.717, 1.165) is 20.7 Å². The molecule has 0 radical (unpaired) electrons. The van der Waals surface area contributed by atoms with Crippen molar-refractivity contribution < 1.29 is 29.3 Å². The summed E-state index contributed by atoms with van der Waals surface area (Å²) in [5, 5.41) is 33.3. The number of nitrogens with one attached hydrogen (secondary N) is 4. The minimum atomic E-state index is -0.901. The van der Waals surface area contributed by atoms with E-state index in [1.807, 2.05) is 35.7 Å². The van der Waals surface area contributed by atoms with E-state index < -0.39 is 12.2 Å². The fourth-order valence-corrected chi connectivity index (χ4v) is 7.45. The Bertz CT molecular complexity index is 2100. The van der Waals surface area contributed by atoms with Crippen molar-refractivity contribution in [1.29, 1.82) is 0 Å². The molecule has 2 amide bonds. The second-order valence-corrected chi connectivity index (χ2v) is 14.0. The highest BCUT2D eigenvalue weighted by Gasteiger charge is 2.23. The zero-order valence-corrected chi connectivity index (χ0v) is 30.8. The minimum absolute atomic E-state index is 0.0674. The number of benzene rings is 3. The van der Waals surface area contributed by atoms with Gasteiger partial charge >= 0.3 is 6.09 Å². The van der Waals surface area contributed by atoms with Crippen LogP contribution in [-0.4, -0.2) is 76.5 Å². The highest BCUT2D eigenvalue weighted by molar-refractivity contribution is 9.10. The third-order valence-corrected chi connectivity index (χ3v) is 10.4. The second kappa shape index (κ2) is 17.1. The van der Waals surface area contributed by atoms with Gasteiger partial charge in [0.15, 0.2) is 0 Å². The van der Waals surface area contributed by atoms with Crippen molar-refractivity contribution in [2.75, 3.05) is 43.9 Å². The molecule has 6 N–H and O–H groups in total. The molecule has 5 aromatic rings. The van der Waals surface area contributed by atoms with Crippen molar-refractivity contribution >= 4 is 61.5 Å². The van der Waals surface area contributed by atoms with Crippen LogP contribution in [0.1, 0.15) is 36.5 Å². The number of phenolic OH excluding ortho intramolecular Hbond substituents is 1.